The molecule has 1 amide bonds. The quantitative estimate of drug-likeness (QED) is 0.499. The second-order valence-corrected chi connectivity index (χ2v) is 5.73. The number of carbonyl (C=O) groups excluding carboxylic acids is 1. The van der Waals surface area contributed by atoms with E-state index in [1.54, 1.807) is 14.0 Å². The Bertz CT molecular complexity index is 598. The fourth-order valence-electron chi connectivity index (χ4n) is 2.07. The van der Waals surface area contributed by atoms with E-state index in [0.717, 1.165) is 11.3 Å². The zero-order valence-electron chi connectivity index (χ0n) is 12.0. The van der Waals surface area contributed by atoms with Crippen LogP contribution in [0.15, 0.2) is 34.5 Å². The first-order valence-electron chi connectivity index (χ1n) is 6.30. The van der Waals surface area contributed by atoms with Crippen LogP contribution in [0.1, 0.15) is 12.5 Å². The zero-order chi connectivity index (χ0) is 15.5. The number of nitrogens with zero attached hydrogens (tertiary/aromatic N) is 2. The Balaban J connectivity index is 2.25. The number of ether oxygens (including phenoxy) is 1. The lowest BCUT2D eigenvalue weighted by molar-refractivity contribution is -0.119. The van der Waals surface area contributed by atoms with Gasteiger partial charge in [0.05, 0.1) is 18.5 Å². The molecule has 0 saturated carbocycles. The number of nitrogens with one attached hydrogen (secondary N) is 1. The summed E-state index contributed by atoms with van der Waals surface area (Å²) in [5.74, 6) is 0.507. The smallest absolute Gasteiger partial charge is 0.268 e. The fraction of sp³-hybridized carbons (Fsp3) is 0.357. The van der Waals surface area contributed by atoms with Crippen molar-refractivity contribution in [1.82, 2.24) is 5.43 Å². The Hall–Kier alpha value is -1.89. The molecule has 1 aliphatic rings. The van der Waals surface area contributed by atoms with Gasteiger partial charge in [0.2, 0.25) is 0 Å². The number of hydrogen-bond acceptors (Lipinski definition) is 5. The van der Waals surface area contributed by atoms with E-state index >= 15 is 0 Å². The van der Waals surface area contributed by atoms with E-state index in [-0.39, 0.29) is 5.91 Å². The number of halogens is 1. The number of hydrazone groups is 1. The molecule has 7 heteroatoms. The molecule has 0 aromatic heterocycles. The van der Waals surface area contributed by atoms with E-state index in [0.29, 0.717) is 17.8 Å². The lowest BCUT2D eigenvalue weighted by atomic mass is 9.93. The van der Waals surface area contributed by atoms with Gasteiger partial charge in [-0.25, -0.2) is 5.43 Å². The molecular formula is C14H16BrN3O3. The molecule has 0 aliphatic carbocycles. The largest absolute Gasteiger partial charge is 0.497 e. The molecule has 1 heterocycles. The van der Waals surface area contributed by atoms with Crippen LogP contribution in [0.2, 0.25) is 0 Å². The number of hydrogen-bond donors (Lipinski definition) is 1. The molecule has 0 bridgehead atoms. The van der Waals surface area contributed by atoms with Crippen LogP contribution < -0.4 is 10.2 Å². The van der Waals surface area contributed by atoms with E-state index in [9.17, 15) is 4.79 Å². The van der Waals surface area contributed by atoms with Crippen molar-refractivity contribution < 1.29 is 14.4 Å². The van der Waals surface area contributed by atoms with Crippen molar-refractivity contribution in [1.29, 1.82) is 0 Å². The summed E-state index contributed by atoms with van der Waals surface area (Å²) in [5.41, 5.74) is 4.63. The van der Waals surface area contributed by atoms with Gasteiger partial charge in [0.25, 0.3) is 5.91 Å². The maximum Gasteiger partial charge on any atom is 0.268 e. The van der Waals surface area contributed by atoms with Crippen LogP contribution in [0, 0.1) is 0 Å². The Morgan fingerprint density at radius 1 is 1.38 bits per heavy atom. The highest BCUT2D eigenvalue weighted by Crippen LogP contribution is 2.29. The van der Waals surface area contributed by atoms with Gasteiger partial charge in [0.15, 0.2) is 4.32 Å². The van der Waals surface area contributed by atoms with Crippen molar-refractivity contribution >= 4 is 33.3 Å². The molecule has 1 aromatic rings. The topological polar surface area (TPSA) is 72.3 Å². The van der Waals surface area contributed by atoms with E-state index in [4.69, 9.17) is 9.57 Å². The normalized spacial score (nSPS) is 21.8. The molecule has 1 aliphatic heterocycles. The monoisotopic (exact) mass is 353 g/mol. The van der Waals surface area contributed by atoms with Crippen LogP contribution in [-0.2, 0) is 16.1 Å². The van der Waals surface area contributed by atoms with Gasteiger partial charge in [-0.3, -0.25) is 4.79 Å². The van der Waals surface area contributed by atoms with E-state index < -0.39 is 4.32 Å². The lowest BCUT2D eigenvalue weighted by Crippen LogP contribution is -2.46. The van der Waals surface area contributed by atoms with Crippen LogP contribution in [0.4, 0.5) is 0 Å². The van der Waals surface area contributed by atoms with Gasteiger partial charge in [-0.1, -0.05) is 33.2 Å². The van der Waals surface area contributed by atoms with Gasteiger partial charge in [0, 0.05) is 6.42 Å². The third-order valence-electron chi connectivity index (χ3n) is 3.26. The first-order valence-corrected chi connectivity index (χ1v) is 7.09. The zero-order valence-corrected chi connectivity index (χ0v) is 13.6. The minimum atomic E-state index is -1.07. The Morgan fingerprint density at radius 2 is 2.05 bits per heavy atom. The molecule has 112 valence electrons. The molecule has 2 rings (SSSR count). The summed E-state index contributed by atoms with van der Waals surface area (Å²) in [6.07, 6.45) is 0.505. The number of benzene rings is 1. The van der Waals surface area contributed by atoms with Crippen molar-refractivity contribution in [2.24, 2.45) is 10.3 Å². The van der Waals surface area contributed by atoms with Crippen LogP contribution in [0.25, 0.3) is 0 Å². The average Bonchev–Trinajstić information content (AvgIpc) is 2.78. The van der Waals surface area contributed by atoms with Gasteiger partial charge in [-0.2, -0.15) is 5.10 Å². The summed E-state index contributed by atoms with van der Waals surface area (Å²) in [7, 11) is 3.06. The van der Waals surface area contributed by atoms with E-state index in [2.05, 4.69) is 31.6 Å². The van der Waals surface area contributed by atoms with Gasteiger partial charge >= 0.3 is 0 Å². The lowest BCUT2D eigenvalue weighted by Gasteiger charge is -2.20. The maximum atomic E-state index is 12.1. The predicted molar refractivity (Wildman–Crippen MR) is 84.1 cm³/mol. The van der Waals surface area contributed by atoms with Crippen molar-refractivity contribution in [3.05, 3.63) is 29.8 Å². The molecule has 0 radical (unpaired) electrons. The van der Waals surface area contributed by atoms with Gasteiger partial charge in [0.1, 0.15) is 12.9 Å². The highest BCUT2D eigenvalue weighted by atomic mass is 79.9. The Morgan fingerprint density at radius 3 is 2.62 bits per heavy atom. The third kappa shape index (κ3) is 2.92. The van der Waals surface area contributed by atoms with Crippen LogP contribution in [0.3, 0.4) is 0 Å². The minimum Gasteiger partial charge on any atom is -0.497 e. The summed E-state index contributed by atoms with van der Waals surface area (Å²) in [6, 6.07) is 7.60. The fourth-order valence-corrected chi connectivity index (χ4v) is 2.46. The van der Waals surface area contributed by atoms with E-state index in [1.807, 2.05) is 24.3 Å². The number of amides is 1. The molecule has 1 N–H and O–H groups in total. The molecular weight excluding hydrogens is 338 g/mol. The number of methoxy groups -OCH3 is 1. The van der Waals surface area contributed by atoms with Crippen LogP contribution in [0.5, 0.6) is 5.75 Å². The number of rotatable bonds is 5. The summed E-state index contributed by atoms with van der Waals surface area (Å²) >= 11 is 3.45. The highest BCUT2D eigenvalue weighted by molar-refractivity contribution is 9.11. The summed E-state index contributed by atoms with van der Waals surface area (Å²) < 4.78 is 4.06. The van der Waals surface area contributed by atoms with Crippen LogP contribution in [-0.4, -0.2) is 35.9 Å². The number of carbonyl (C=O) groups is 1. The third-order valence-corrected chi connectivity index (χ3v) is 4.65. The highest BCUT2D eigenvalue weighted by Gasteiger charge is 2.48. The second-order valence-electron chi connectivity index (χ2n) is 4.54. The Labute approximate surface area is 131 Å². The maximum absolute atomic E-state index is 12.1. The molecule has 21 heavy (non-hydrogen) atoms. The van der Waals surface area contributed by atoms with E-state index in [1.165, 1.54) is 7.11 Å². The summed E-state index contributed by atoms with van der Waals surface area (Å²) in [4.78, 5) is 16.8. The molecule has 0 saturated heterocycles. The second kappa shape index (κ2) is 6.26. The van der Waals surface area contributed by atoms with Gasteiger partial charge < -0.3 is 9.57 Å². The van der Waals surface area contributed by atoms with Gasteiger partial charge in [-0.05, 0) is 24.6 Å². The molecule has 0 spiro atoms. The summed E-state index contributed by atoms with van der Waals surface area (Å²) in [6.45, 7) is 1.71. The van der Waals surface area contributed by atoms with Crippen molar-refractivity contribution in [3.63, 3.8) is 0 Å². The molecule has 6 nitrogen and oxygen atoms in total. The molecule has 1 unspecified atom stereocenters. The summed E-state index contributed by atoms with van der Waals surface area (Å²) in [5, 5.41) is 7.97. The first kappa shape index (κ1) is 15.5. The van der Waals surface area contributed by atoms with Crippen molar-refractivity contribution in [2.75, 3.05) is 14.2 Å². The van der Waals surface area contributed by atoms with Gasteiger partial charge in [-0.15, -0.1) is 0 Å². The average molecular weight is 354 g/mol. The number of oxime groups is 1. The molecule has 1 aromatic carbocycles. The number of alkyl halides is 1. The predicted octanol–water partition coefficient (Wildman–Crippen LogP) is 1.88. The minimum absolute atomic E-state index is 0.274. The van der Waals surface area contributed by atoms with Crippen LogP contribution >= 0.6 is 15.9 Å². The first-order chi connectivity index (χ1) is 10.0. The van der Waals surface area contributed by atoms with Crippen molar-refractivity contribution in [3.8, 4) is 5.75 Å². The SMILES string of the molecule is CON=C(C)C1(Br)C(=O)NN=C1Cc1ccc(OC)cc1. The molecule has 0 fully saturated rings. The molecule has 1 atom stereocenters. The standard InChI is InChI=1S/C14H16BrN3O3/c1-9(18-21-3)14(15)12(16-17-13(14)19)8-10-4-6-11(20-2)7-5-10/h4-7H,8H2,1-3H3,(H,17,19). The van der Waals surface area contributed by atoms with Crippen molar-refractivity contribution in [2.45, 2.75) is 17.7 Å². The Kier molecular flexibility index (Phi) is 4.62.